The topological polar surface area (TPSA) is 0 Å². The Hall–Kier alpha value is 0.415. The van der Waals surface area contributed by atoms with E-state index in [-0.39, 0.29) is 0 Å². The molecule has 0 saturated carbocycles. The van der Waals surface area contributed by atoms with Gasteiger partial charge in [0.2, 0.25) is 0 Å². The van der Waals surface area contributed by atoms with Gasteiger partial charge in [-0.1, -0.05) is 25.6 Å². The zero-order valence-electron chi connectivity index (χ0n) is 5.43. The van der Waals surface area contributed by atoms with E-state index >= 15 is 0 Å². The molecule has 46 valence electrons. The van der Waals surface area contributed by atoms with E-state index in [4.69, 9.17) is 7.85 Å². The maximum atomic E-state index is 5.65. The van der Waals surface area contributed by atoms with Gasteiger partial charge >= 0.3 is 0 Å². The van der Waals surface area contributed by atoms with E-state index < -0.39 is 0 Å². The van der Waals surface area contributed by atoms with E-state index in [0.717, 1.165) is 18.6 Å². The molecule has 0 saturated heterocycles. The first-order valence-corrected chi connectivity index (χ1v) is 3.81. The van der Waals surface area contributed by atoms with Crippen molar-refractivity contribution in [2.24, 2.45) is 0 Å². The van der Waals surface area contributed by atoms with E-state index in [1.54, 1.807) is 0 Å². The zero-order chi connectivity index (χ0) is 6.41. The van der Waals surface area contributed by atoms with Crippen LogP contribution in [0.2, 0.25) is 5.82 Å². The van der Waals surface area contributed by atoms with Gasteiger partial charge in [0, 0.05) is 0 Å². The molecule has 0 aliphatic rings. The van der Waals surface area contributed by atoms with Crippen molar-refractivity contribution >= 4 is 20.5 Å². The number of rotatable bonds is 4. The van der Waals surface area contributed by atoms with Gasteiger partial charge in [0.25, 0.3) is 0 Å². The van der Waals surface area contributed by atoms with Crippen molar-refractivity contribution in [3.05, 3.63) is 0 Å². The fourth-order valence-electron chi connectivity index (χ4n) is 0.681. The van der Waals surface area contributed by atoms with Crippen LogP contribution in [0.25, 0.3) is 0 Å². The number of thiol groups is 1. The Bertz CT molecular complexity index is 41.8. The maximum absolute atomic E-state index is 5.65. The van der Waals surface area contributed by atoms with Crippen molar-refractivity contribution in [3.8, 4) is 0 Å². The van der Waals surface area contributed by atoms with E-state index in [0.29, 0.717) is 5.82 Å². The Labute approximate surface area is 58.9 Å². The van der Waals surface area contributed by atoms with Gasteiger partial charge < -0.3 is 0 Å². The molecule has 0 spiro atoms. The van der Waals surface area contributed by atoms with Crippen LogP contribution in [0.3, 0.4) is 0 Å². The molecular weight excluding hydrogens is 115 g/mol. The lowest BCUT2D eigenvalue weighted by molar-refractivity contribution is 0.705. The standard InChI is InChI=1S/C6H13BS/c1-2-3-6(7)4-5-8/h6,8H,2-5H2,1H3. The summed E-state index contributed by atoms with van der Waals surface area (Å²) >= 11 is 4.07. The van der Waals surface area contributed by atoms with Crippen LogP contribution < -0.4 is 0 Å². The first-order valence-electron chi connectivity index (χ1n) is 3.17. The molecule has 0 nitrogen and oxygen atoms in total. The fourth-order valence-corrected chi connectivity index (χ4v) is 1.01. The Morgan fingerprint density at radius 2 is 2.12 bits per heavy atom. The molecule has 2 heteroatoms. The predicted octanol–water partition coefficient (Wildman–Crippen LogP) is 2.06. The highest BCUT2D eigenvalue weighted by Crippen LogP contribution is 2.12. The summed E-state index contributed by atoms with van der Waals surface area (Å²) in [6.45, 7) is 2.15. The van der Waals surface area contributed by atoms with Crippen LogP contribution in [-0.4, -0.2) is 13.6 Å². The summed E-state index contributed by atoms with van der Waals surface area (Å²) in [5.41, 5.74) is 0. The number of hydrogen-bond donors (Lipinski definition) is 1. The molecule has 0 aromatic carbocycles. The molecule has 0 amide bonds. The van der Waals surface area contributed by atoms with Crippen LogP contribution in [0, 0.1) is 0 Å². The van der Waals surface area contributed by atoms with Crippen molar-refractivity contribution in [3.63, 3.8) is 0 Å². The second-order valence-electron chi connectivity index (χ2n) is 2.06. The molecule has 0 aromatic rings. The molecule has 1 unspecified atom stereocenters. The Morgan fingerprint density at radius 3 is 2.50 bits per heavy atom. The SMILES string of the molecule is [B]C(CCC)CCS. The molecule has 0 rings (SSSR count). The first-order chi connectivity index (χ1) is 3.81. The average Bonchev–Trinajstić information content (AvgIpc) is 1.68. The van der Waals surface area contributed by atoms with Crippen LogP contribution in [0.15, 0.2) is 0 Å². The van der Waals surface area contributed by atoms with Gasteiger partial charge in [0.1, 0.15) is 0 Å². The second-order valence-corrected chi connectivity index (χ2v) is 2.51. The third-order valence-corrected chi connectivity index (χ3v) is 1.42. The molecule has 0 aliphatic carbocycles. The smallest absolute Gasteiger partial charge is 0.0699 e. The highest BCUT2D eigenvalue weighted by Gasteiger charge is 1.95. The van der Waals surface area contributed by atoms with E-state index in [1.807, 2.05) is 0 Å². The molecule has 0 N–H and O–H groups in total. The van der Waals surface area contributed by atoms with Gasteiger partial charge in [-0.15, -0.1) is 0 Å². The summed E-state index contributed by atoms with van der Waals surface area (Å²) in [5, 5.41) is 0. The molecule has 0 aromatic heterocycles. The quantitative estimate of drug-likeness (QED) is 0.434. The van der Waals surface area contributed by atoms with Crippen LogP contribution in [0.4, 0.5) is 0 Å². The second kappa shape index (κ2) is 5.55. The van der Waals surface area contributed by atoms with Gasteiger partial charge in [0.15, 0.2) is 0 Å². The highest BCUT2D eigenvalue weighted by molar-refractivity contribution is 7.80. The van der Waals surface area contributed by atoms with Crippen LogP contribution in [-0.2, 0) is 0 Å². The summed E-state index contributed by atoms with van der Waals surface area (Å²) in [6, 6.07) is 0. The van der Waals surface area contributed by atoms with Gasteiger partial charge in [-0.3, -0.25) is 0 Å². The van der Waals surface area contributed by atoms with Crippen LogP contribution in [0.5, 0.6) is 0 Å². The van der Waals surface area contributed by atoms with Gasteiger partial charge in [-0.25, -0.2) is 0 Å². The predicted molar refractivity (Wildman–Crippen MR) is 42.9 cm³/mol. The summed E-state index contributed by atoms with van der Waals surface area (Å²) in [5.74, 6) is 1.30. The minimum Gasteiger partial charge on any atom is -0.179 e. The molecule has 0 aliphatic heterocycles. The summed E-state index contributed by atoms with van der Waals surface area (Å²) in [6.07, 6.45) is 3.38. The normalized spacial score (nSPS) is 13.8. The Morgan fingerprint density at radius 1 is 1.50 bits per heavy atom. The Balaban J connectivity index is 2.92. The molecule has 2 radical (unpaired) electrons. The molecule has 0 heterocycles. The fraction of sp³-hybridized carbons (Fsp3) is 1.00. The highest BCUT2D eigenvalue weighted by atomic mass is 32.1. The van der Waals surface area contributed by atoms with E-state index in [9.17, 15) is 0 Å². The third kappa shape index (κ3) is 4.57. The maximum Gasteiger partial charge on any atom is 0.0699 e. The molecular formula is C6H13BS. The van der Waals surface area contributed by atoms with Crippen molar-refractivity contribution in [1.29, 1.82) is 0 Å². The molecule has 0 bridgehead atoms. The van der Waals surface area contributed by atoms with Gasteiger partial charge in [-0.05, 0) is 12.2 Å². The lowest BCUT2D eigenvalue weighted by Gasteiger charge is -2.05. The zero-order valence-corrected chi connectivity index (χ0v) is 6.32. The van der Waals surface area contributed by atoms with Crippen molar-refractivity contribution in [2.45, 2.75) is 32.0 Å². The number of hydrogen-bond acceptors (Lipinski definition) is 1. The summed E-state index contributed by atoms with van der Waals surface area (Å²) in [4.78, 5) is 0. The molecule has 1 atom stereocenters. The summed E-state index contributed by atoms with van der Waals surface area (Å²) in [7, 11) is 5.65. The van der Waals surface area contributed by atoms with Crippen LogP contribution >= 0.6 is 12.6 Å². The third-order valence-electron chi connectivity index (χ3n) is 1.16. The van der Waals surface area contributed by atoms with Crippen molar-refractivity contribution in [2.75, 3.05) is 5.75 Å². The van der Waals surface area contributed by atoms with E-state index in [1.165, 1.54) is 6.42 Å². The minimum absolute atomic E-state index is 0.387. The molecule has 0 fully saturated rings. The van der Waals surface area contributed by atoms with Gasteiger partial charge in [0.05, 0.1) is 7.85 Å². The summed E-state index contributed by atoms with van der Waals surface area (Å²) < 4.78 is 0. The average molecular weight is 128 g/mol. The lowest BCUT2D eigenvalue weighted by atomic mass is 9.82. The Kier molecular flexibility index (Phi) is 5.84. The monoisotopic (exact) mass is 128 g/mol. The van der Waals surface area contributed by atoms with Crippen LogP contribution in [0.1, 0.15) is 26.2 Å². The minimum atomic E-state index is 0.387. The molecule has 8 heavy (non-hydrogen) atoms. The van der Waals surface area contributed by atoms with E-state index in [2.05, 4.69) is 19.6 Å². The van der Waals surface area contributed by atoms with Gasteiger partial charge in [-0.2, -0.15) is 12.6 Å². The van der Waals surface area contributed by atoms with Crippen molar-refractivity contribution in [1.82, 2.24) is 0 Å². The lowest BCUT2D eigenvalue weighted by Crippen LogP contribution is -1.91. The van der Waals surface area contributed by atoms with Crippen molar-refractivity contribution < 1.29 is 0 Å². The largest absolute Gasteiger partial charge is 0.179 e. The first kappa shape index (κ1) is 8.41.